The molecule has 1 aromatic carbocycles. The van der Waals surface area contributed by atoms with Gasteiger partial charge in [-0.25, -0.2) is 0 Å². The van der Waals surface area contributed by atoms with Crippen LogP contribution >= 0.6 is 0 Å². The molecule has 0 spiro atoms. The molecule has 0 aliphatic heterocycles. The zero-order chi connectivity index (χ0) is 15.3. The minimum Gasteiger partial charge on any atom is -0.324 e. The molecule has 0 aliphatic carbocycles. The lowest BCUT2D eigenvalue weighted by molar-refractivity contribution is -0.137. The Morgan fingerprint density at radius 3 is 2.70 bits per heavy atom. The fourth-order valence-corrected chi connectivity index (χ4v) is 1.47. The van der Waals surface area contributed by atoms with Gasteiger partial charge in [0.15, 0.2) is 0 Å². The maximum atomic E-state index is 12.9. The highest BCUT2D eigenvalue weighted by Crippen LogP contribution is 2.35. The molecular formula is C13H12F3N3O. The van der Waals surface area contributed by atoms with E-state index in [-0.39, 0.29) is 12.0 Å². The van der Waals surface area contributed by atoms with E-state index in [1.54, 1.807) is 6.07 Å². The van der Waals surface area contributed by atoms with Gasteiger partial charge in [-0.2, -0.15) is 18.4 Å². The van der Waals surface area contributed by atoms with Gasteiger partial charge >= 0.3 is 6.18 Å². The Morgan fingerprint density at radius 1 is 1.55 bits per heavy atom. The number of benzene rings is 1. The number of amides is 1. The zero-order valence-corrected chi connectivity index (χ0v) is 10.4. The van der Waals surface area contributed by atoms with Gasteiger partial charge in [0.25, 0.3) is 0 Å². The standard InChI is InChI=1S/C13H12F3N3O/c1-2-3-10(18)12(20)19-11-5-4-8(7-17)6-9(11)13(14,15)16/h2,4-6,10H,1,3,18H2,(H,19,20). The first-order chi connectivity index (χ1) is 9.29. The Bertz CT molecular complexity index is 561. The summed E-state index contributed by atoms with van der Waals surface area (Å²) in [6, 6.07) is 3.52. The molecule has 0 aromatic heterocycles. The van der Waals surface area contributed by atoms with Crippen molar-refractivity contribution in [1.29, 1.82) is 5.26 Å². The normalized spacial score (nSPS) is 12.3. The number of rotatable bonds is 4. The molecule has 4 nitrogen and oxygen atoms in total. The van der Waals surface area contributed by atoms with Gasteiger partial charge in [-0.3, -0.25) is 4.79 Å². The van der Waals surface area contributed by atoms with Gasteiger partial charge in [0.2, 0.25) is 5.91 Å². The summed E-state index contributed by atoms with van der Waals surface area (Å²) in [4.78, 5) is 11.6. The summed E-state index contributed by atoms with van der Waals surface area (Å²) in [5.74, 6) is -0.750. The second-order valence-electron chi connectivity index (χ2n) is 3.99. The van der Waals surface area contributed by atoms with Crippen LogP contribution in [0.25, 0.3) is 0 Å². The van der Waals surface area contributed by atoms with Gasteiger partial charge in [0.1, 0.15) is 0 Å². The monoisotopic (exact) mass is 283 g/mol. The van der Waals surface area contributed by atoms with E-state index in [2.05, 4.69) is 11.9 Å². The number of hydrogen-bond acceptors (Lipinski definition) is 3. The van der Waals surface area contributed by atoms with Crippen LogP contribution in [0, 0.1) is 11.3 Å². The van der Waals surface area contributed by atoms with Crippen LogP contribution in [0.5, 0.6) is 0 Å². The first-order valence-corrected chi connectivity index (χ1v) is 5.58. The highest BCUT2D eigenvalue weighted by molar-refractivity contribution is 5.95. The number of carbonyl (C=O) groups excluding carboxylic acids is 1. The zero-order valence-electron chi connectivity index (χ0n) is 10.4. The second kappa shape index (κ2) is 6.21. The number of halogens is 3. The Labute approximate surface area is 113 Å². The molecule has 106 valence electrons. The highest BCUT2D eigenvalue weighted by atomic mass is 19.4. The third-order valence-corrected chi connectivity index (χ3v) is 2.47. The van der Waals surface area contributed by atoms with Crippen LogP contribution in [-0.2, 0) is 11.0 Å². The molecular weight excluding hydrogens is 271 g/mol. The molecule has 0 saturated heterocycles. The van der Waals surface area contributed by atoms with E-state index in [0.29, 0.717) is 6.07 Å². The van der Waals surface area contributed by atoms with Gasteiger partial charge in [-0.05, 0) is 24.6 Å². The minimum absolute atomic E-state index is 0.142. The van der Waals surface area contributed by atoms with E-state index in [4.69, 9.17) is 11.0 Å². The van der Waals surface area contributed by atoms with Crippen molar-refractivity contribution in [3.05, 3.63) is 42.0 Å². The maximum absolute atomic E-state index is 12.9. The number of nitrogens with zero attached hydrogens (tertiary/aromatic N) is 1. The highest BCUT2D eigenvalue weighted by Gasteiger charge is 2.34. The number of carbonyl (C=O) groups is 1. The number of nitrogens with one attached hydrogen (secondary N) is 1. The van der Waals surface area contributed by atoms with Gasteiger partial charge in [0, 0.05) is 0 Å². The van der Waals surface area contributed by atoms with Gasteiger partial charge in [0.05, 0.1) is 28.9 Å². The molecule has 1 aromatic rings. The first kappa shape index (κ1) is 15.7. The van der Waals surface area contributed by atoms with E-state index >= 15 is 0 Å². The van der Waals surface area contributed by atoms with Crippen molar-refractivity contribution in [2.75, 3.05) is 5.32 Å². The summed E-state index contributed by atoms with van der Waals surface area (Å²) in [7, 11) is 0. The number of nitrogens with two attached hydrogens (primary N) is 1. The van der Waals surface area contributed by atoms with E-state index in [9.17, 15) is 18.0 Å². The molecule has 1 atom stereocenters. The SMILES string of the molecule is C=CCC(N)C(=O)Nc1ccc(C#N)cc1C(F)(F)F. The summed E-state index contributed by atoms with van der Waals surface area (Å²) in [5, 5.41) is 10.7. The van der Waals surface area contributed by atoms with Gasteiger partial charge < -0.3 is 11.1 Å². The van der Waals surface area contributed by atoms with Crippen molar-refractivity contribution < 1.29 is 18.0 Å². The fourth-order valence-electron chi connectivity index (χ4n) is 1.47. The largest absolute Gasteiger partial charge is 0.418 e. The Kier molecular flexibility index (Phi) is 4.88. The molecule has 0 radical (unpaired) electrons. The third-order valence-electron chi connectivity index (χ3n) is 2.47. The van der Waals surface area contributed by atoms with Crippen molar-refractivity contribution in [3.63, 3.8) is 0 Å². The van der Waals surface area contributed by atoms with Crippen molar-refractivity contribution >= 4 is 11.6 Å². The number of alkyl halides is 3. The van der Waals surface area contributed by atoms with Crippen LogP contribution in [0.2, 0.25) is 0 Å². The summed E-state index contributed by atoms with van der Waals surface area (Å²) >= 11 is 0. The van der Waals surface area contributed by atoms with E-state index in [0.717, 1.165) is 6.07 Å². The first-order valence-electron chi connectivity index (χ1n) is 5.58. The lowest BCUT2D eigenvalue weighted by atomic mass is 10.1. The minimum atomic E-state index is -4.68. The molecule has 1 amide bonds. The molecule has 0 aliphatic rings. The van der Waals surface area contributed by atoms with Crippen LogP contribution in [0.15, 0.2) is 30.9 Å². The van der Waals surface area contributed by atoms with Crippen LogP contribution in [-0.4, -0.2) is 11.9 Å². The molecule has 0 heterocycles. The Balaban J connectivity index is 3.10. The van der Waals surface area contributed by atoms with E-state index in [1.807, 2.05) is 0 Å². The molecule has 0 saturated carbocycles. The van der Waals surface area contributed by atoms with Crippen LogP contribution in [0.4, 0.5) is 18.9 Å². The quantitative estimate of drug-likeness (QED) is 0.833. The van der Waals surface area contributed by atoms with Crippen molar-refractivity contribution in [2.24, 2.45) is 5.73 Å². The molecule has 0 fully saturated rings. The number of anilines is 1. The summed E-state index contributed by atoms with van der Waals surface area (Å²) in [5.41, 5.74) is 3.81. The molecule has 3 N–H and O–H groups in total. The van der Waals surface area contributed by atoms with Crippen molar-refractivity contribution in [2.45, 2.75) is 18.6 Å². The Hall–Kier alpha value is -2.33. The molecule has 1 unspecified atom stereocenters. The molecule has 1 rings (SSSR count). The summed E-state index contributed by atoms with van der Waals surface area (Å²) < 4.78 is 38.6. The van der Waals surface area contributed by atoms with E-state index in [1.165, 1.54) is 12.1 Å². The lowest BCUT2D eigenvalue weighted by Gasteiger charge is -2.16. The van der Waals surface area contributed by atoms with Crippen LogP contribution in [0.1, 0.15) is 17.5 Å². The summed E-state index contributed by atoms with van der Waals surface area (Å²) in [6.45, 7) is 3.39. The van der Waals surface area contributed by atoms with E-state index < -0.39 is 29.4 Å². The third kappa shape index (κ3) is 3.83. The fraction of sp³-hybridized carbons (Fsp3) is 0.231. The molecule has 20 heavy (non-hydrogen) atoms. The topological polar surface area (TPSA) is 78.9 Å². The van der Waals surface area contributed by atoms with Crippen LogP contribution < -0.4 is 11.1 Å². The van der Waals surface area contributed by atoms with Crippen molar-refractivity contribution in [1.82, 2.24) is 0 Å². The maximum Gasteiger partial charge on any atom is 0.418 e. The molecule has 0 bridgehead atoms. The number of nitriles is 1. The van der Waals surface area contributed by atoms with Crippen LogP contribution in [0.3, 0.4) is 0 Å². The Morgan fingerprint density at radius 2 is 2.20 bits per heavy atom. The van der Waals surface area contributed by atoms with Gasteiger partial charge in [-0.1, -0.05) is 6.08 Å². The van der Waals surface area contributed by atoms with Crippen molar-refractivity contribution in [3.8, 4) is 6.07 Å². The number of hydrogen-bond donors (Lipinski definition) is 2. The second-order valence-corrected chi connectivity index (χ2v) is 3.99. The average molecular weight is 283 g/mol. The molecule has 7 heteroatoms. The van der Waals surface area contributed by atoms with Gasteiger partial charge in [-0.15, -0.1) is 6.58 Å². The smallest absolute Gasteiger partial charge is 0.324 e. The average Bonchev–Trinajstić information content (AvgIpc) is 2.38. The lowest BCUT2D eigenvalue weighted by Crippen LogP contribution is -2.35. The predicted octanol–water partition coefficient (Wildman–Crippen LogP) is 2.42. The predicted molar refractivity (Wildman–Crippen MR) is 67.6 cm³/mol. The summed E-state index contributed by atoms with van der Waals surface area (Å²) in [6.07, 6.45) is -3.14.